The molecule has 0 atom stereocenters. The number of carbonyl (C=O) groups excluding carboxylic acids is 1. The molecule has 0 aliphatic carbocycles. The summed E-state index contributed by atoms with van der Waals surface area (Å²) >= 11 is 0.963. The SMILES string of the molecule is [3H][N]=[W].[CH2-]C(=O)NCCCCCCCCCCCCCCCCCC. The van der Waals surface area contributed by atoms with E-state index in [0.717, 1.165) is 32.6 Å². The van der Waals surface area contributed by atoms with Crippen LogP contribution in [0.2, 0.25) is 1.41 Å². The molecule has 0 unspecified atom stereocenters. The van der Waals surface area contributed by atoms with Gasteiger partial charge in [-0.25, -0.2) is 0 Å². The molecule has 0 saturated carbocycles. The molecular formula is C20H41N2OW-. The number of carbonyl (C=O) groups is 1. The van der Waals surface area contributed by atoms with Crippen molar-refractivity contribution in [2.24, 2.45) is 0 Å². The maximum atomic E-state index is 10.6. The number of hydrogen-bond acceptors (Lipinski definition) is 2. The quantitative estimate of drug-likeness (QED) is 0.170. The van der Waals surface area contributed by atoms with Crippen LogP contribution in [0, 0.1) is 10.8 Å². The Morgan fingerprint density at radius 1 is 0.833 bits per heavy atom. The van der Waals surface area contributed by atoms with E-state index < -0.39 is 0 Å². The first-order chi connectivity index (χ1) is 12.2. The summed E-state index contributed by atoms with van der Waals surface area (Å²) < 4.78 is 8.70. The van der Waals surface area contributed by atoms with Gasteiger partial charge in [-0.2, -0.15) is 0 Å². The van der Waals surface area contributed by atoms with Gasteiger partial charge in [0.2, 0.25) is 0 Å². The minimum absolute atomic E-state index is 0.152. The van der Waals surface area contributed by atoms with E-state index in [9.17, 15) is 4.79 Å². The van der Waals surface area contributed by atoms with E-state index in [1.165, 1.54) is 96.3 Å². The van der Waals surface area contributed by atoms with Gasteiger partial charge in [0, 0.05) is 6.54 Å². The number of unbranched alkanes of at least 4 members (excludes halogenated alkanes) is 15. The van der Waals surface area contributed by atoms with Crippen LogP contribution in [0.3, 0.4) is 0 Å². The minimum atomic E-state index is -0.152. The van der Waals surface area contributed by atoms with E-state index in [-0.39, 0.29) is 5.91 Å². The molecule has 4 heteroatoms. The molecule has 0 aliphatic heterocycles. The molecule has 0 aromatic carbocycles. The molecule has 0 aromatic rings. The summed E-state index contributed by atoms with van der Waals surface area (Å²) in [6, 6.07) is 0. The molecule has 0 spiro atoms. The molecule has 0 radical (unpaired) electrons. The van der Waals surface area contributed by atoms with E-state index >= 15 is 0 Å². The molecule has 0 aliphatic rings. The molecule has 24 heavy (non-hydrogen) atoms. The van der Waals surface area contributed by atoms with Crippen LogP contribution >= 0.6 is 0 Å². The molecular weight excluding hydrogens is 468 g/mol. The van der Waals surface area contributed by atoms with E-state index in [0.29, 0.717) is 0 Å². The Bertz CT molecular complexity index is 278. The smallest absolute Gasteiger partial charge is 0.0797 e. The van der Waals surface area contributed by atoms with E-state index in [1.807, 2.05) is 0 Å². The second-order valence-electron chi connectivity index (χ2n) is 6.65. The summed E-state index contributed by atoms with van der Waals surface area (Å²) in [5, 5.41) is 2.75. The molecule has 0 aromatic heterocycles. The summed E-state index contributed by atoms with van der Waals surface area (Å²) in [4.78, 5) is 10.6. The second-order valence-corrected chi connectivity index (χ2v) is 6.65. The van der Waals surface area contributed by atoms with Crippen LogP contribution in [0.5, 0.6) is 0 Å². The van der Waals surface area contributed by atoms with Crippen LogP contribution in [0.25, 0.3) is 0 Å². The van der Waals surface area contributed by atoms with Crippen molar-refractivity contribution in [3.63, 3.8) is 0 Å². The van der Waals surface area contributed by atoms with Gasteiger partial charge in [-0.3, -0.25) is 0 Å². The summed E-state index contributed by atoms with van der Waals surface area (Å²) in [6.07, 6.45) is 22.1. The molecule has 0 heterocycles. The number of amides is 1. The number of rotatable bonds is 17. The molecule has 0 fully saturated rings. The number of hydrogen-bond donors (Lipinski definition) is 2. The van der Waals surface area contributed by atoms with Gasteiger partial charge >= 0.3 is 24.9 Å². The number of nitrogens with one attached hydrogen (secondary N) is 2. The van der Waals surface area contributed by atoms with Crippen molar-refractivity contribution in [1.82, 2.24) is 5.32 Å². The zero-order chi connectivity index (χ0) is 19.0. The third-order valence-electron chi connectivity index (χ3n) is 4.35. The fourth-order valence-electron chi connectivity index (χ4n) is 2.90. The first-order valence-electron chi connectivity index (χ1n) is 10.5. The van der Waals surface area contributed by atoms with Crippen molar-refractivity contribution in [3.05, 3.63) is 6.92 Å². The third kappa shape index (κ3) is 26.7. The summed E-state index contributed by atoms with van der Waals surface area (Å²) in [5.74, 6) is -0.152. The van der Waals surface area contributed by atoms with E-state index in [2.05, 4.69) is 23.1 Å². The summed E-state index contributed by atoms with van der Waals surface area (Å²) in [5.41, 5.74) is 0. The van der Waals surface area contributed by atoms with E-state index in [1.54, 1.807) is 0 Å². The largest absolute Gasteiger partial charge is 0.381 e. The zero-order valence-corrected chi connectivity index (χ0v) is 18.9. The molecule has 0 saturated heterocycles. The Morgan fingerprint density at radius 2 is 1.12 bits per heavy atom. The Kier molecular flexibility index (Phi) is 24.9. The summed E-state index contributed by atoms with van der Waals surface area (Å²) in [7, 11) is 0. The van der Waals surface area contributed by atoms with Crippen LogP contribution in [0.1, 0.15) is 110 Å². The first-order valence-corrected chi connectivity index (χ1v) is 11.4. The molecule has 0 bridgehead atoms. The van der Waals surface area contributed by atoms with Gasteiger partial charge in [-0.15, -0.1) is 0 Å². The fourth-order valence-corrected chi connectivity index (χ4v) is 2.90. The van der Waals surface area contributed by atoms with Crippen LogP contribution in [-0.2, 0) is 24.4 Å². The molecule has 2 N–H and O–H groups in total. The first kappa shape index (κ1) is 23.8. The average molecular weight is 511 g/mol. The van der Waals surface area contributed by atoms with Gasteiger partial charge in [0.25, 0.3) is 0 Å². The normalized spacial score (nSPS) is 10.5. The van der Waals surface area contributed by atoms with Crippen LogP contribution in [0.15, 0.2) is 0 Å². The monoisotopic (exact) mass is 511 g/mol. The van der Waals surface area contributed by atoms with Crippen molar-refractivity contribution >= 4 is 5.91 Å². The maximum Gasteiger partial charge on any atom is 0.0797 e. The van der Waals surface area contributed by atoms with Crippen molar-refractivity contribution in [3.8, 4) is 0 Å². The minimum Gasteiger partial charge on any atom is -0.381 e. The average Bonchev–Trinajstić information content (AvgIpc) is 2.58. The van der Waals surface area contributed by atoms with Gasteiger partial charge in [0.15, 0.2) is 0 Å². The fraction of sp³-hybridized carbons (Fsp3) is 0.900. The molecule has 144 valence electrons. The van der Waals surface area contributed by atoms with Crippen molar-refractivity contribution in [2.75, 3.05) is 6.54 Å². The zero-order valence-electron chi connectivity index (χ0n) is 17.0. The second kappa shape index (κ2) is 25.1. The van der Waals surface area contributed by atoms with Gasteiger partial charge in [0.05, 0.1) is 5.91 Å². The van der Waals surface area contributed by atoms with Crippen molar-refractivity contribution in [2.45, 2.75) is 110 Å². The van der Waals surface area contributed by atoms with E-state index in [4.69, 9.17) is 1.41 Å². The molecule has 0 rings (SSSR count). The molecule has 1 amide bonds. The topological polar surface area (TPSA) is 53.0 Å². The Labute approximate surface area is 164 Å². The Balaban J connectivity index is 0. The Morgan fingerprint density at radius 3 is 1.42 bits per heavy atom. The standard InChI is InChI=1S/C20H40NO.HN.W/c1-3-4-5-6-7-8-9-10-11-12-13-14-15-16-17-18-19-21-20(2)22;;/h2-19H2,1H3,(H,21,22);1H;/q-1;;/i;1T;. The van der Waals surface area contributed by atoms with Gasteiger partial charge < -0.3 is 17.0 Å². The van der Waals surface area contributed by atoms with Crippen LogP contribution < -0.4 is 5.32 Å². The molecule has 3 nitrogen and oxygen atoms in total. The van der Waals surface area contributed by atoms with Crippen molar-refractivity contribution in [1.29, 1.82) is 3.91 Å². The maximum absolute atomic E-state index is 10.6. The van der Waals surface area contributed by atoms with Crippen LogP contribution in [0.4, 0.5) is 0 Å². The van der Waals surface area contributed by atoms with Gasteiger partial charge in [-0.05, 0) is 6.42 Å². The Hall–Kier alpha value is -0.172. The predicted octanol–water partition coefficient (Wildman–Crippen LogP) is 6.49. The van der Waals surface area contributed by atoms with Crippen LogP contribution in [-0.4, -0.2) is 12.5 Å². The summed E-state index contributed by atoms with van der Waals surface area (Å²) in [6.45, 7) is 6.37. The van der Waals surface area contributed by atoms with Crippen molar-refractivity contribution < 1.29 is 25.8 Å². The predicted molar refractivity (Wildman–Crippen MR) is 101 cm³/mol. The van der Waals surface area contributed by atoms with Gasteiger partial charge in [0.1, 0.15) is 0 Å². The third-order valence-corrected chi connectivity index (χ3v) is 4.35. The van der Waals surface area contributed by atoms with Gasteiger partial charge in [-0.1, -0.05) is 103 Å².